The van der Waals surface area contributed by atoms with Gasteiger partial charge in [-0.1, -0.05) is 6.92 Å². The van der Waals surface area contributed by atoms with Crippen molar-refractivity contribution in [3.05, 3.63) is 46.1 Å². The highest BCUT2D eigenvalue weighted by Gasteiger charge is 2.30. The highest BCUT2D eigenvalue weighted by atomic mass is 32.1. The molecule has 0 atom stereocenters. The number of thiazole rings is 1. The van der Waals surface area contributed by atoms with E-state index < -0.39 is 0 Å². The minimum absolute atomic E-state index is 0.190. The molecule has 0 spiro atoms. The van der Waals surface area contributed by atoms with Crippen molar-refractivity contribution in [2.24, 2.45) is 0 Å². The van der Waals surface area contributed by atoms with Crippen LogP contribution in [0.25, 0.3) is 5.57 Å². The smallest absolute Gasteiger partial charge is 0.139 e. The van der Waals surface area contributed by atoms with Crippen LogP contribution in [-0.4, -0.2) is 29.1 Å². The molecular weight excluding hydrogens is 310 g/mol. The minimum atomic E-state index is 0.190. The predicted molar refractivity (Wildman–Crippen MR) is 93.7 cm³/mol. The fourth-order valence-corrected chi connectivity index (χ4v) is 3.30. The van der Waals surface area contributed by atoms with Gasteiger partial charge >= 0.3 is 0 Å². The fraction of sp³-hybridized carbons (Fsp3) is 0.294. The van der Waals surface area contributed by atoms with Crippen LogP contribution in [0.5, 0.6) is 5.75 Å². The van der Waals surface area contributed by atoms with Crippen molar-refractivity contribution < 1.29 is 9.84 Å². The van der Waals surface area contributed by atoms with Crippen molar-refractivity contribution in [3.63, 3.8) is 0 Å². The van der Waals surface area contributed by atoms with Gasteiger partial charge < -0.3 is 14.7 Å². The Bertz CT molecular complexity index is 749. The maximum atomic E-state index is 10.3. The summed E-state index contributed by atoms with van der Waals surface area (Å²) in [6.45, 7) is 4.95. The first kappa shape index (κ1) is 15.6. The number of aliphatic hydroxyl groups is 1. The maximum Gasteiger partial charge on any atom is 0.139 e. The molecule has 23 heavy (non-hydrogen) atoms. The highest BCUT2D eigenvalue weighted by Crippen LogP contribution is 2.33. The van der Waals surface area contributed by atoms with E-state index in [1.165, 1.54) is 11.3 Å². The molecule has 2 aromatic rings. The number of amidine groups is 1. The quantitative estimate of drug-likeness (QED) is 0.869. The molecule has 0 aliphatic carbocycles. The molecule has 2 heterocycles. The van der Waals surface area contributed by atoms with Gasteiger partial charge in [0.05, 0.1) is 18.7 Å². The van der Waals surface area contributed by atoms with Gasteiger partial charge in [-0.15, -0.1) is 11.3 Å². The fourth-order valence-electron chi connectivity index (χ4n) is 2.44. The third-order valence-electron chi connectivity index (χ3n) is 3.56. The maximum absolute atomic E-state index is 10.3. The van der Waals surface area contributed by atoms with Crippen LogP contribution >= 0.6 is 11.3 Å². The van der Waals surface area contributed by atoms with Gasteiger partial charge in [0.15, 0.2) is 0 Å². The van der Waals surface area contributed by atoms with Gasteiger partial charge in [0.25, 0.3) is 0 Å². The Kier molecular flexibility index (Phi) is 4.34. The van der Waals surface area contributed by atoms with Crippen molar-refractivity contribution >= 4 is 28.4 Å². The Hall–Kier alpha value is -2.34. The van der Waals surface area contributed by atoms with E-state index in [-0.39, 0.29) is 11.6 Å². The van der Waals surface area contributed by atoms with Gasteiger partial charge in [-0.3, -0.25) is 5.41 Å². The molecule has 0 amide bonds. The predicted octanol–water partition coefficient (Wildman–Crippen LogP) is 4.01. The van der Waals surface area contributed by atoms with Crippen molar-refractivity contribution in [2.75, 3.05) is 18.1 Å². The SMILES string of the molecule is CCCOc1ccc(N2CC(O)=C(c3nc(C)cs3)C2=N)cc1. The van der Waals surface area contributed by atoms with Crippen LogP contribution in [0.4, 0.5) is 5.69 Å². The minimum Gasteiger partial charge on any atom is -0.510 e. The van der Waals surface area contributed by atoms with E-state index in [1.54, 1.807) is 4.90 Å². The topological polar surface area (TPSA) is 69.4 Å². The summed E-state index contributed by atoms with van der Waals surface area (Å²) in [5.41, 5.74) is 2.28. The molecule has 0 unspecified atom stereocenters. The number of hydrogen-bond acceptors (Lipinski definition) is 5. The molecule has 1 aliphatic rings. The molecule has 1 aromatic heterocycles. The monoisotopic (exact) mass is 329 g/mol. The first-order chi connectivity index (χ1) is 11.1. The molecular formula is C17H19N3O2S. The lowest BCUT2D eigenvalue weighted by Crippen LogP contribution is -2.25. The largest absolute Gasteiger partial charge is 0.510 e. The first-order valence-electron chi connectivity index (χ1n) is 7.54. The number of ether oxygens (including phenoxy) is 1. The molecule has 1 aromatic carbocycles. The summed E-state index contributed by atoms with van der Waals surface area (Å²) in [6, 6.07) is 7.59. The zero-order valence-electron chi connectivity index (χ0n) is 13.2. The summed E-state index contributed by atoms with van der Waals surface area (Å²) >= 11 is 1.45. The van der Waals surface area contributed by atoms with E-state index in [0.717, 1.165) is 23.6 Å². The highest BCUT2D eigenvalue weighted by molar-refractivity contribution is 7.11. The number of benzene rings is 1. The zero-order chi connectivity index (χ0) is 16.4. The van der Waals surface area contributed by atoms with Gasteiger partial charge in [0, 0.05) is 16.8 Å². The van der Waals surface area contributed by atoms with Crippen molar-refractivity contribution in [1.29, 1.82) is 5.41 Å². The summed E-state index contributed by atoms with van der Waals surface area (Å²) in [6.07, 6.45) is 0.965. The number of nitrogens with zero attached hydrogens (tertiary/aromatic N) is 2. The van der Waals surface area contributed by atoms with E-state index in [0.29, 0.717) is 23.7 Å². The molecule has 0 saturated carbocycles. The van der Waals surface area contributed by atoms with Crippen LogP contribution in [0.2, 0.25) is 0 Å². The molecule has 0 fully saturated rings. The lowest BCUT2D eigenvalue weighted by Gasteiger charge is -2.19. The summed E-state index contributed by atoms with van der Waals surface area (Å²) in [5, 5.41) is 21.3. The van der Waals surface area contributed by atoms with Crippen LogP contribution in [0.15, 0.2) is 35.4 Å². The second-order valence-corrected chi connectivity index (χ2v) is 6.25. The molecule has 6 heteroatoms. The number of aliphatic hydroxyl groups excluding tert-OH is 1. The van der Waals surface area contributed by atoms with Gasteiger partial charge in [-0.25, -0.2) is 4.98 Å². The normalized spacial score (nSPS) is 14.7. The standard InChI is InChI=1S/C17H19N3O2S/c1-3-8-22-13-6-4-12(5-7-13)20-9-14(21)15(16(20)18)17-19-11(2)10-23-17/h4-7,10,18,21H,3,8-9H2,1-2H3. The first-order valence-corrected chi connectivity index (χ1v) is 8.42. The number of rotatable bonds is 5. The van der Waals surface area contributed by atoms with Crippen LogP contribution in [-0.2, 0) is 0 Å². The van der Waals surface area contributed by atoms with Crippen LogP contribution in [0, 0.1) is 12.3 Å². The Morgan fingerprint density at radius 2 is 2.09 bits per heavy atom. The van der Waals surface area contributed by atoms with Crippen LogP contribution in [0.1, 0.15) is 24.0 Å². The van der Waals surface area contributed by atoms with Crippen LogP contribution < -0.4 is 9.64 Å². The van der Waals surface area contributed by atoms with E-state index >= 15 is 0 Å². The van der Waals surface area contributed by atoms with Crippen LogP contribution in [0.3, 0.4) is 0 Å². The summed E-state index contributed by atoms with van der Waals surface area (Å²) < 4.78 is 5.57. The number of anilines is 1. The second kappa shape index (κ2) is 6.42. The number of nitrogens with one attached hydrogen (secondary N) is 1. The van der Waals surface area contributed by atoms with E-state index in [1.807, 2.05) is 36.6 Å². The Morgan fingerprint density at radius 1 is 1.35 bits per heavy atom. The Balaban J connectivity index is 1.80. The molecule has 3 rings (SSSR count). The molecule has 0 saturated heterocycles. The molecule has 0 bridgehead atoms. The lowest BCUT2D eigenvalue weighted by atomic mass is 10.2. The third kappa shape index (κ3) is 3.07. The number of aromatic nitrogens is 1. The van der Waals surface area contributed by atoms with E-state index in [2.05, 4.69) is 11.9 Å². The second-order valence-electron chi connectivity index (χ2n) is 5.39. The average Bonchev–Trinajstić information content (AvgIpc) is 3.09. The van der Waals surface area contributed by atoms with Crippen molar-refractivity contribution in [1.82, 2.24) is 4.98 Å². The summed E-state index contributed by atoms with van der Waals surface area (Å²) in [5.74, 6) is 1.28. The van der Waals surface area contributed by atoms with Gasteiger partial charge in [-0.2, -0.15) is 0 Å². The van der Waals surface area contributed by atoms with Crippen molar-refractivity contribution in [3.8, 4) is 5.75 Å². The van der Waals surface area contributed by atoms with E-state index in [9.17, 15) is 5.11 Å². The molecule has 2 N–H and O–H groups in total. The van der Waals surface area contributed by atoms with E-state index in [4.69, 9.17) is 10.1 Å². The molecule has 120 valence electrons. The molecule has 5 nitrogen and oxygen atoms in total. The molecule has 1 aliphatic heterocycles. The average molecular weight is 329 g/mol. The summed E-state index contributed by atoms with van der Waals surface area (Å²) in [4.78, 5) is 6.15. The Morgan fingerprint density at radius 3 is 2.70 bits per heavy atom. The third-order valence-corrected chi connectivity index (χ3v) is 4.53. The number of aryl methyl sites for hydroxylation is 1. The van der Waals surface area contributed by atoms with Gasteiger partial charge in [-0.05, 0) is 37.6 Å². The van der Waals surface area contributed by atoms with Gasteiger partial charge in [0.1, 0.15) is 22.4 Å². The van der Waals surface area contributed by atoms with Gasteiger partial charge in [0.2, 0.25) is 0 Å². The lowest BCUT2D eigenvalue weighted by molar-refractivity contribution is 0.317. The van der Waals surface area contributed by atoms with Crippen molar-refractivity contribution in [2.45, 2.75) is 20.3 Å². The number of hydrogen-bond donors (Lipinski definition) is 2. The Labute approximate surface area is 139 Å². The summed E-state index contributed by atoms with van der Waals surface area (Å²) in [7, 11) is 0. The zero-order valence-corrected chi connectivity index (χ0v) is 14.0. The molecule has 0 radical (unpaired) electrons.